The summed E-state index contributed by atoms with van der Waals surface area (Å²) in [4.78, 5) is 24.8. The first kappa shape index (κ1) is 20.4. The summed E-state index contributed by atoms with van der Waals surface area (Å²) in [6.07, 6.45) is 0.599. The second kappa shape index (κ2) is 9.71. The Balaban J connectivity index is 1.96. The van der Waals surface area contributed by atoms with E-state index in [1.54, 1.807) is 13.2 Å². The molecule has 0 saturated heterocycles. The number of methoxy groups -OCH3 is 1. The number of carbonyl (C=O) groups excluding carboxylic acids is 2. The lowest BCUT2D eigenvalue weighted by molar-refractivity contribution is -0.123. The quantitative estimate of drug-likeness (QED) is 0.749. The molecule has 1 atom stereocenters. The third-order valence-corrected chi connectivity index (χ3v) is 4.24. The molecule has 0 aliphatic carbocycles. The first-order valence-corrected chi connectivity index (χ1v) is 8.89. The third-order valence-electron chi connectivity index (χ3n) is 4.24. The second-order valence-corrected chi connectivity index (χ2v) is 6.53. The van der Waals surface area contributed by atoms with Crippen LogP contribution in [0.4, 0.5) is 4.39 Å². The van der Waals surface area contributed by atoms with Gasteiger partial charge in [0.15, 0.2) is 0 Å². The fraction of sp³-hybridized carbons (Fsp3) is 0.333. The molecule has 0 radical (unpaired) electrons. The average Bonchev–Trinajstić information content (AvgIpc) is 2.66. The van der Waals surface area contributed by atoms with E-state index in [4.69, 9.17) is 4.74 Å². The van der Waals surface area contributed by atoms with Gasteiger partial charge in [0.2, 0.25) is 5.91 Å². The molecule has 0 spiro atoms. The lowest BCUT2D eigenvalue weighted by Crippen LogP contribution is -2.50. The zero-order chi connectivity index (χ0) is 19.8. The molecule has 144 valence electrons. The van der Waals surface area contributed by atoms with Gasteiger partial charge in [0.05, 0.1) is 12.7 Å². The van der Waals surface area contributed by atoms with E-state index < -0.39 is 17.8 Å². The largest absolute Gasteiger partial charge is 0.496 e. The summed E-state index contributed by atoms with van der Waals surface area (Å²) >= 11 is 0. The van der Waals surface area contributed by atoms with Gasteiger partial charge in [-0.25, -0.2) is 4.39 Å². The summed E-state index contributed by atoms with van der Waals surface area (Å²) < 4.78 is 19.1. The van der Waals surface area contributed by atoms with Crippen LogP contribution in [-0.4, -0.2) is 31.5 Å². The Labute approximate surface area is 158 Å². The van der Waals surface area contributed by atoms with Gasteiger partial charge in [0, 0.05) is 6.54 Å². The van der Waals surface area contributed by atoms with Crippen LogP contribution in [-0.2, 0) is 11.2 Å². The molecule has 5 nitrogen and oxygen atoms in total. The summed E-state index contributed by atoms with van der Waals surface area (Å²) in [5.74, 6) is -0.905. The van der Waals surface area contributed by atoms with Crippen LogP contribution in [0.15, 0.2) is 48.5 Å². The maximum Gasteiger partial charge on any atom is 0.254 e. The van der Waals surface area contributed by atoms with Crippen LogP contribution in [0.3, 0.4) is 0 Å². The molecule has 0 aliphatic rings. The summed E-state index contributed by atoms with van der Waals surface area (Å²) in [6, 6.07) is 12.5. The Hall–Kier alpha value is -2.89. The number of ether oxygens (including phenoxy) is 1. The highest BCUT2D eigenvalue weighted by atomic mass is 19.1. The Kier molecular flexibility index (Phi) is 7.34. The minimum atomic E-state index is -0.755. The van der Waals surface area contributed by atoms with Gasteiger partial charge in [-0.15, -0.1) is 0 Å². The number of benzene rings is 2. The van der Waals surface area contributed by atoms with Crippen molar-refractivity contribution in [2.24, 2.45) is 5.92 Å². The van der Waals surface area contributed by atoms with E-state index in [1.807, 2.05) is 38.1 Å². The number of halogens is 1. The zero-order valence-electron chi connectivity index (χ0n) is 15.8. The molecule has 2 aromatic rings. The van der Waals surface area contributed by atoms with Gasteiger partial charge in [-0.3, -0.25) is 9.59 Å². The van der Waals surface area contributed by atoms with Crippen molar-refractivity contribution in [2.45, 2.75) is 26.3 Å². The lowest BCUT2D eigenvalue weighted by Gasteiger charge is -2.22. The molecule has 2 amide bonds. The molecule has 2 aromatic carbocycles. The van der Waals surface area contributed by atoms with E-state index in [9.17, 15) is 14.0 Å². The van der Waals surface area contributed by atoms with Crippen molar-refractivity contribution < 1.29 is 18.7 Å². The third kappa shape index (κ3) is 5.54. The molecule has 1 unspecified atom stereocenters. The highest BCUT2D eigenvalue weighted by Gasteiger charge is 2.25. The van der Waals surface area contributed by atoms with E-state index in [-0.39, 0.29) is 17.4 Å². The fourth-order valence-electron chi connectivity index (χ4n) is 2.74. The molecular weight excluding hydrogens is 347 g/mol. The number of rotatable bonds is 8. The molecule has 0 bridgehead atoms. The number of para-hydroxylation sites is 1. The van der Waals surface area contributed by atoms with Gasteiger partial charge < -0.3 is 15.4 Å². The van der Waals surface area contributed by atoms with Crippen LogP contribution in [0, 0.1) is 11.7 Å². The van der Waals surface area contributed by atoms with Crippen LogP contribution in [0.5, 0.6) is 5.75 Å². The summed E-state index contributed by atoms with van der Waals surface area (Å²) in [6.45, 7) is 4.05. The molecule has 2 rings (SSSR count). The fourth-order valence-corrected chi connectivity index (χ4v) is 2.74. The van der Waals surface area contributed by atoms with Crippen molar-refractivity contribution in [3.63, 3.8) is 0 Å². The van der Waals surface area contributed by atoms with E-state index in [2.05, 4.69) is 10.6 Å². The van der Waals surface area contributed by atoms with Crippen LogP contribution in [0.2, 0.25) is 0 Å². The van der Waals surface area contributed by atoms with E-state index >= 15 is 0 Å². The second-order valence-electron chi connectivity index (χ2n) is 6.53. The van der Waals surface area contributed by atoms with E-state index in [1.165, 1.54) is 18.2 Å². The van der Waals surface area contributed by atoms with Gasteiger partial charge in [0.25, 0.3) is 5.91 Å². The van der Waals surface area contributed by atoms with Gasteiger partial charge in [0.1, 0.15) is 17.6 Å². The van der Waals surface area contributed by atoms with Gasteiger partial charge in [-0.1, -0.05) is 44.2 Å². The van der Waals surface area contributed by atoms with Crippen LogP contribution in [0.1, 0.15) is 29.8 Å². The number of hydrogen-bond donors (Lipinski definition) is 2. The van der Waals surface area contributed by atoms with Gasteiger partial charge in [-0.2, -0.15) is 0 Å². The van der Waals surface area contributed by atoms with Crippen molar-refractivity contribution >= 4 is 11.8 Å². The molecule has 6 heteroatoms. The maximum atomic E-state index is 13.8. The molecule has 0 fully saturated rings. The first-order valence-electron chi connectivity index (χ1n) is 8.89. The summed E-state index contributed by atoms with van der Waals surface area (Å²) in [5.41, 5.74) is 0.904. The molecule has 0 aromatic heterocycles. The number of nitrogens with one attached hydrogen (secondary N) is 2. The van der Waals surface area contributed by atoms with Crippen molar-refractivity contribution in [3.05, 3.63) is 65.5 Å². The highest BCUT2D eigenvalue weighted by Crippen LogP contribution is 2.17. The normalized spacial score (nSPS) is 11.7. The van der Waals surface area contributed by atoms with Crippen LogP contribution < -0.4 is 15.4 Å². The number of amides is 2. The smallest absolute Gasteiger partial charge is 0.254 e. The summed E-state index contributed by atoms with van der Waals surface area (Å²) in [5, 5.41) is 5.46. The predicted octanol–water partition coefficient (Wildman–Crippen LogP) is 2.95. The predicted molar refractivity (Wildman–Crippen MR) is 102 cm³/mol. The van der Waals surface area contributed by atoms with Gasteiger partial charge in [-0.05, 0) is 36.1 Å². The van der Waals surface area contributed by atoms with Crippen molar-refractivity contribution in [3.8, 4) is 5.75 Å². The summed E-state index contributed by atoms with van der Waals surface area (Å²) in [7, 11) is 1.60. The van der Waals surface area contributed by atoms with Crippen LogP contribution in [0.25, 0.3) is 0 Å². The first-order chi connectivity index (χ1) is 12.9. The monoisotopic (exact) mass is 372 g/mol. The Morgan fingerprint density at radius 2 is 1.74 bits per heavy atom. The molecule has 0 aliphatic heterocycles. The Morgan fingerprint density at radius 3 is 2.41 bits per heavy atom. The maximum absolute atomic E-state index is 13.8. The molecule has 0 heterocycles. The Bertz CT molecular complexity index is 793. The average molecular weight is 372 g/mol. The molecule has 0 saturated carbocycles. The molecule has 2 N–H and O–H groups in total. The number of carbonyl (C=O) groups is 2. The van der Waals surface area contributed by atoms with Gasteiger partial charge >= 0.3 is 0 Å². The van der Waals surface area contributed by atoms with Crippen LogP contribution >= 0.6 is 0 Å². The lowest BCUT2D eigenvalue weighted by atomic mass is 10.0. The van der Waals surface area contributed by atoms with Crippen molar-refractivity contribution in [1.82, 2.24) is 10.6 Å². The zero-order valence-corrected chi connectivity index (χ0v) is 15.8. The number of hydrogen-bond acceptors (Lipinski definition) is 3. The molecular formula is C21H25FN2O3. The van der Waals surface area contributed by atoms with E-state index in [0.29, 0.717) is 13.0 Å². The van der Waals surface area contributed by atoms with Crippen molar-refractivity contribution in [1.29, 1.82) is 0 Å². The highest BCUT2D eigenvalue weighted by molar-refractivity contribution is 5.97. The minimum Gasteiger partial charge on any atom is -0.496 e. The molecule has 27 heavy (non-hydrogen) atoms. The van der Waals surface area contributed by atoms with E-state index in [0.717, 1.165) is 11.3 Å². The Morgan fingerprint density at radius 1 is 1.07 bits per heavy atom. The SMILES string of the molecule is COc1ccccc1CCNC(=O)C(NC(=O)c1ccccc1F)C(C)C. The topological polar surface area (TPSA) is 67.4 Å². The standard InChI is InChI=1S/C21H25FN2O3/c1-14(2)19(24-20(25)16-9-5-6-10-17(16)22)21(26)23-13-12-15-8-4-7-11-18(15)27-3/h4-11,14,19H,12-13H2,1-3H3,(H,23,26)(H,24,25). The minimum absolute atomic E-state index is 0.0787. The van der Waals surface area contributed by atoms with Crippen molar-refractivity contribution in [2.75, 3.05) is 13.7 Å².